The van der Waals surface area contributed by atoms with Gasteiger partial charge in [-0.1, -0.05) is 20.8 Å². The topological polar surface area (TPSA) is 17.1 Å². The summed E-state index contributed by atoms with van der Waals surface area (Å²) in [6.45, 7) is 6.31. The molecule has 1 aliphatic carbocycles. The van der Waals surface area contributed by atoms with Crippen molar-refractivity contribution in [1.82, 2.24) is 0 Å². The molecule has 1 heteroatoms. The molecule has 0 aromatic rings. The van der Waals surface area contributed by atoms with Crippen LogP contribution in [0.1, 0.15) is 40.0 Å². The summed E-state index contributed by atoms with van der Waals surface area (Å²) in [5.41, 5.74) is -0.0434. The highest BCUT2D eigenvalue weighted by atomic mass is 16.1. The highest BCUT2D eigenvalue weighted by Gasteiger charge is 2.35. The number of carbonyl (C=O) groups excluding carboxylic acids is 1. The first-order valence-corrected chi connectivity index (χ1v) is 4.08. The summed E-state index contributed by atoms with van der Waals surface area (Å²) >= 11 is 0. The molecule has 0 heterocycles. The Morgan fingerprint density at radius 1 is 1.50 bits per heavy atom. The van der Waals surface area contributed by atoms with Crippen molar-refractivity contribution in [3.63, 3.8) is 0 Å². The molecular formula is C9H16O. The van der Waals surface area contributed by atoms with E-state index in [9.17, 15) is 4.79 Å². The van der Waals surface area contributed by atoms with E-state index >= 15 is 0 Å². The molecule has 0 saturated heterocycles. The Morgan fingerprint density at radius 3 is 2.50 bits per heavy atom. The van der Waals surface area contributed by atoms with Crippen LogP contribution in [0.15, 0.2) is 0 Å². The van der Waals surface area contributed by atoms with E-state index in [1.807, 2.05) is 0 Å². The number of rotatable bonds is 0. The molecule has 1 atom stereocenters. The summed E-state index contributed by atoms with van der Waals surface area (Å²) in [7, 11) is 0. The fraction of sp³-hybridized carbons (Fsp3) is 0.889. The molecule has 1 nitrogen and oxygen atoms in total. The van der Waals surface area contributed by atoms with Crippen molar-refractivity contribution >= 4 is 5.78 Å². The molecule has 0 spiro atoms. The highest BCUT2D eigenvalue weighted by Crippen LogP contribution is 2.37. The zero-order chi connectivity index (χ0) is 7.78. The van der Waals surface area contributed by atoms with Crippen molar-refractivity contribution in [2.24, 2.45) is 11.3 Å². The summed E-state index contributed by atoms with van der Waals surface area (Å²) < 4.78 is 0. The highest BCUT2D eigenvalue weighted by molar-refractivity contribution is 5.84. The Balaban J connectivity index is 2.73. The predicted octanol–water partition coefficient (Wildman–Crippen LogP) is 2.40. The number of ketones is 1. The minimum Gasteiger partial charge on any atom is -0.299 e. The van der Waals surface area contributed by atoms with Crippen LogP contribution in [0.25, 0.3) is 0 Å². The van der Waals surface area contributed by atoms with E-state index in [-0.39, 0.29) is 5.41 Å². The molecule has 0 aliphatic heterocycles. The van der Waals surface area contributed by atoms with Crippen LogP contribution in [-0.4, -0.2) is 5.78 Å². The number of carbonyl (C=O) groups is 1. The van der Waals surface area contributed by atoms with Crippen molar-refractivity contribution in [1.29, 1.82) is 0 Å². The van der Waals surface area contributed by atoms with Gasteiger partial charge in [-0.3, -0.25) is 4.79 Å². The average molecular weight is 140 g/mol. The van der Waals surface area contributed by atoms with Crippen molar-refractivity contribution < 1.29 is 4.79 Å². The van der Waals surface area contributed by atoms with Gasteiger partial charge in [-0.2, -0.15) is 0 Å². The minimum absolute atomic E-state index is 0.0434. The number of Topliss-reactive ketones (excluding diaryl/α,β-unsaturated/α-hetero) is 1. The zero-order valence-corrected chi connectivity index (χ0v) is 7.11. The third kappa shape index (κ3) is 1.09. The smallest absolute Gasteiger partial charge is 0.138 e. The van der Waals surface area contributed by atoms with E-state index in [0.717, 1.165) is 12.8 Å². The van der Waals surface area contributed by atoms with E-state index < -0.39 is 0 Å². The summed E-state index contributed by atoms with van der Waals surface area (Å²) in [5, 5.41) is 0. The lowest BCUT2D eigenvalue weighted by Crippen LogP contribution is -2.34. The third-order valence-corrected chi connectivity index (χ3v) is 2.99. The van der Waals surface area contributed by atoms with E-state index in [1.54, 1.807) is 0 Å². The quantitative estimate of drug-likeness (QED) is 0.505. The first-order valence-electron chi connectivity index (χ1n) is 4.08. The molecule has 1 fully saturated rings. The summed E-state index contributed by atoms with van der Waals surface area (Å²) in [6.07, 6.45) is 3.12. The van der Waals surface area contributed by atoms with Crippen LogP contribution in [0.5, 0.6) is 0 Å². The van der Waals surface area contributed by atoms with E-state index in [0.29, 0.717) is 11.7 Å². The second kappa shape index (κ2) is 2.37. The second-order valence-corrected chi connectivity index (χ2v) is 3.94. The Labute approximate surface area is 62.8 Å². The molecule has 0 radical (unpaired) electrons. The maximum absolute atomic E-state index is 11.3. The molecular weight excluding hydrogens is 124 g/mol. The van der Waals surface area contributed by atoms with Gasteiger partial charge in [0, 0.05) is 11.8 Å². The Hall–Kier alpha value is -0.330. The van der Waals surface area contributed by atoms with Crippen molar-refractivity contribution in [3.8, 4) is 0 Å². The molecule has 0 amide bonds. The van der Waals surface area contributed by atoms with Gasteiger partial charge in [-0.05, 0) is 18.8 Å². The molecule has 0 bridgehead atoms. The molecule has 0 unspecified atom stereocenters. The van der Waals surface area contributed by atoms with Gasteiger partial charge in [0.1, 0.15) is 5.78 Å². The Morgan fingerprint density at radius 2 is 2.10 bits per heavy atom. The summed E-state index contributed by atoms with van der Waals surface area (Å²) in [6, 6.07) is 0. The van der Waals surface area contributed by atoms with E-state index in [4.69, 9.17) is 0 Å². The van der Waals surface area contributed by atoms with Crippen LogP contribution >= 0.6 is 0 Å². The molecule has 58 valence electrons. The van der Waals surface area contributed by atoms with E-state index in [1.165, 1.54) is 6.42 Å². The molecule has 1 rings (SSSR count). The van der Waals surface area contributed by atoms with Gasteiger partial charge in [-0.15, -0.1) is 0 Å². The standard InChI is InChI=1S/C9H16O/c1-7-5-4-6-8(10)9(7,2)3/h7H,4-6H2,1-3H3/t7-/m0/s1. The van der Waals surface area contributed by atoms with Gasteiger partial charge in [0.05, 0.1) is 0 Å². The first kappa shape index (κ1) is 7.77. The van der Waals surface area contributed by atoms with Crippen LogP contribution in [0.2, 0.25) is 0 Å². The van der Waals surface area contributed by atoms with Crippen LogP contribution < -0.4 is 0 Å². The first-order chi connectivity index (χ1) is 4.55. The lowest BCUT2D eigenvalue weighted by atomic mass is 9.69. The normalized spacial score (nSPS) is 32.3. The molecule has 0 aromatic carbocycles. The zero-order valence-electron chi connectivity index (χ0n) is 7.11. The van der Waals surface area contributed by atoms with Crippen LogP contribution in [0.4, 0.5) is 0 Å². The van der Waals surface area contributed by atoms with Gasteiger partial charge in [0.25, 0.3) is 0 Å². The molecule has 1 saturated carbocycles. The summed E-state index contributed by atoms with van der Waals surface area (Å²) in [5.74, 6) is 1.03. The molecule has 0 N–H and O–H groups in total. The van der Waals surface area contributed by atoms with Crippen molar-refractivity contribution in [2.75, 3.05) is 0 Å². The third-order valence-electron chi connectivity index (χ3n) is 2.99. The van der Waals surface area contributed by atoms with E-state index in [2.05, 4.69) is 20.8 Å². The Kier molecular flexibility index (Phi) is 1.84. The van der Waals surface area contributed by atoms with Gasteiger partial charge in [-0.25, -0.2) is 0 Å². The van der Waals surface area contributed by atoms with Gasteiger partial charge in [0.15, 0.2) is 0 Å². The minimum atomic E-state index is -0.0434. The van der Waals surface area contributed by atoms with Crippen LogP contribution in [0, 0.1) is 11.3 Å². The number of hydrogen-bond donors (Lipinski definition) is 0. The SMILES string of the molecule is C[C@H]1CCCC(=O)C1(C)C. The van der Waals surface area contributed by atoms with Crippen molar-refractivity contribution in [3.05, 3.63) is 0 Å². The fourth-order valence-corrected chi connectivity index (χ4v) is 1.53. The maximum Gasteiger partial charge on any atom is 0.138 e. The fourth-order valence-electron chi connectivity index (χ4n) is 1.53. The number of hydrogen-bond acceptors (Lipinski definition) is 1. The lowest BCUT2D eigenvalue weighted by molar-refractivity contribution is -0.132. The van der Waals surface area contributed by atoms with Gasteiger partial charge < -0.3 is 0 Å². The Bertz CT molecular complexity index is 147. The lowest BCUT2D eigenvalue weighted by Gasteiger charge is -2.34. The predicted molar refractivity (Wildman–Crippen MR) is 41.8 cm³/mol. The second-order valence-electron chi connectivity index (χ2n) is 3.94. The monoisotopic (exact) mass is 140 g/mol. The molecule has 0 aromatic heterocycles. The largest absolute Gasteiger partial charge is 0.299 e. The van der Waals surface area contributed by atoms with Crippen molar-refractivity contribution in [2.45, 2.75) is 40.0 Å². The molecule has 1 aliphatic rings. The van der Waals surface area contributed by atoms with Gasteiger partial charge in [0.2, 0.25) is 0 Å². The molecule has 10 heavy (non-hydrogen) atoms. The van der Waals surface area contributed by atoms with Crippen LogP contribution in [-0.2, 0) is 4.79 Å². The summed E-state index contributed by atoms with van der Waals surface area (Å²) in [4.78, 5) is 11.3. The van der Waals surface area contributed by atoms with Crippen LogP contribution in [0.3, 0.4) is 0 Å². The van der Waals surface area contributed by atoms with Gasteiger partial charge >= 0.3 is 0 Å². The maximum atomic E-state index is 11.3. The average Bonchev–Trinajstić information content (AvgIpc) is 1.84.